The molecular weight excluding hydrogens is 494 g/mol. The van der Waals surface area contributed by atoms with Crippen molar-refractivity contribution in [2.45, 2.75) is 39.4 Å². The van der Waals surface area contributed by atoms with Gasteiger partial charge < -0.3 is 21.5 Å². The van der Waals surface area contributed by atoms with Crippen LogP contribution in [0.15, 0.2) is 103 Å². The number of aromatic nitrogens is 3. The van der Waals surface area contributed by atoms with Gasteiger partial charge in [0, 0.05) is 28.4 Å². The highest BCUT2D eigenvalue weighted by Crippen LogP contribution is 2.29. The molecule has 0 aliphatic carbocycles. The van der Waals surface area contributed by atoms with Gasteiger partial charge in [0.15, 0.2) is 11.0 Å². The Bertz CT molecular complexity index is 1540. The van der Waals surface area contributed by atoms with Gasteiger partial charge in [0.1, 0.15) is 6.54 Å². The Morgan fingerprint density at radius 3 is 1.89 bits per heavy atom. The highest BCUT2D eigenvalue weighted by molar-refractivity contribution is 6.07. The second kappa shape index (κ2) is 10.1. The Balaban J connectivity index is 0.00000253. The van der Waals surface area contributed by atoms with Crippen molar-refractivity contribution in [1.29, 1.82) is 0 Å². The summed E-state index contributed by atoms with van der Waals surface area (Å²) in [5.74, 6) is 0. The summed E-state index contributed by atoms with van der Waals surface area (Å²) in [7, 11) is 0. The van der Waals surface area contributed by atoms with Crippen molar-refractivity contribution in [1.82, 2.24) is 9.13 Å². The van der Waals surface area contributed by atoms with Crippen LogP contribution >= 0.6 is 0 Å². The van der Waals surface area contributed by atoms with Crippen LogP contribution in [0.2, 0.25) is 0 Å². The topological polar surface area (TPSA) is 13.7 Å². The number of nitrogens with zero attached hydrogens (tertiary/aromatic N) is 3. The second-order valence-corrected chi connectivity index (χ2v) is 9.30. The van der Waals surface area contributed by atoms with Crippen molar-refractivity contribution < 1.29 is 21.5 Å². The maximum atomic E-state index is 2.50. The molecule has 0 aliphatic heterocycles. The number of unbranched alkanes of at least 4 members (excludes halogenated alkanes) is 1. The minimum Gasteiger partial charge on any atom is -1.00 e. The molecule has 6 aromatic rings. The summed E-state index contributed by atoms with van der Waals surface area (Å²) in [6, 6.07) is 35.2. The fourth-order valence-corrected chi connectivity index (χ4v) is 5.23. The molecule has 0 saturated heterocycles. The molecule has 6 rings (SSSR count). The first-order valence-corrected chi connectivity index (χ1v) is 12.3. The Hall–Kier alpha value is -3.37. The number of hydrogen-bond acceptors (Lipinski definition) is 0. The fraction of sp³-hybridized carbons (Fsp3) is 0.194. The van der Waals surface area contributed by atoms with Crippen LogP contribution in [0.3, 0.4) is 0 Å². The maximum absolute atomic E-state index is 2.50. The Kier molecular flexibility index (Phi) is 6.74. The van der Waals surface area contributed by atoms with Crippen molar-refractivity contribution in [2.24, 2.45) is 0 Å². The van der Waals surface area contributed by atoms with Crippen LogP contribution in [0.25, 0.3) is 32.8 Å². The van der Waals surface area contributed by atoms with Crippen molar-refractivity contribution in [2.75, 3.05) is 0 Å². The summed E-state index contributed by atoms with van der Waals surface area (Å²) in [6.45, 7) is 5.10. The first-order valence-electron chi connectivity index (χ1n) is 12.3. The van der Waals surface area contributed by atoms with Gasteiger partial charge in [0.05, 0.1) is 6.54 Å². The van der Waals surface area contributed by atoms with Gasteiger partial charge in [-0.15, -0.1) is 0 Å². The molecule has 4 heteroatoms. The van der Waals surface area contributed by atoms with Gasteiger partial charge in [-0.05, 0) is 49.6 Å². The molecule has 3 nitrogen and oxygen atoms in total. The summed E-state index contributed by atoms with van der Waals surface area (Å²) in [5.41, 5.74) is 7.93. The van der Waals surface area contributed by atoms with Crippen molar-refractivity contribution in [3.63, 3.8) is 0 Å². The fourth-order valence-electron chi connectivity index (χ4n) is 5.23. The number of benzene rings is 4. The molecular formula is C31H30BrN3. The van der Waals surface area contributed by atoms with E-state index in [4.69, 9.17) is 0 Å². The van der Waals surface area contributed by atoms with Gasteiger partial charge in [-0.2, -0.15) is 0 Å². The summed E-state index contributed by atoms with van der Waals surface area (Å²) < 4.78 is 7.30. The molecule has 0 saturated carbocycles. The normalized spacial score (nSPS) is 11.3. The molecule has 0 amide bonds. The average molecular weight is 525 g/mol. The third-order valence-corrected chi connectivity index (χ3v) is 6.96. The van der Waals surface area contributed by atoms with Crippen LogP contribution < -0.4 is 21.5 Å². The van der Waals surface area contributed by atoms with Crippen LogP contribution in [0.4, 0.5) is 0 Å². The van der Waals surface area contributed by atoms with E-state index >= 15 is 0 Å². The van der Waals surface area contributed by atoms with E-state index < -0.39 is 0 Å². The van der Waals surface area contributed by atoms with Crippen molar-refractivity contribution in [3.05, 3.63) is 115 Å². The molecule has 0 N–H and O–H groups in total. The highest BCUT2D eigenvalue weighted by atomic mass is 79.9. The van der Waals surface area contributed by atoms with Gasteiger partial charge in [0.25, 0.3) is 0 Å². The average Bonchev–Trinajstić information content (AvgIpc) is 3.39. The van der Waals surface area contributed by atoms with Gasteiger partial charge in [-0.1, -0.05) is 78.4 Å². The van der Waals surface area contributed by atoms with Gasteiger partial charge in [-0.25, -0.2) is 9.13 Å². The third-order valence-electron chi connectivity index (χ3n) is 6.96. The SMILES string of the molecule is Cc1ccc(C[n+]2cn(CCCCn3c4ccccc4c4ccccc43)c3ccccc32)cc1.[Br-]. The number of hydrogen-bond donors (Lipinski definition) is 0. The predicted molar refractivity (Wildman–Crippen MR) is 141 cm³/mol. The van der Waals surface area contributed by atoms with Crippen LogP contribution in [0, 0.1) is 6.92 Å². The Morgan fingerprint density at radius 2 is 1.20 bits per heavy atom. The molecule has 0 unspecified atom stereocenters. The van der Waals surface area contributed by atoms with Crippen molar-refractivity contribution >= 4 is 32.8 Å². The molecule has 0 fully saturated rings. The monoisotopic (exact) mass is 523 g/mol. The number of imidazole rings is 1. The first kappa shape index (κ1) is 23.4. The number of para-hydroxylation sites is 4. The van der Waals surface area contributed by atoms with E-state index in [1.165, 1.54) is 44.0 Å². The van der Waals surface area contributed by atoms with Crippen LogP contribution in [0.5, 0.6) is 0 Å². The summed E-state index contributed by atoms with van der Waals surface area (Å²) in [4.78, 5) is 0. The zero-order chi connectivity index (χ0) is 22.9. The Morgan fingerprint density at radius 1 is 0.629 bits per heavy atom. The molecule has 0 atom stereocenters. The van der Waals surface area contributed by atoms with E-state index in [-0.39, 0.29) is 17.0 Å². The zero-order valence-electron chi connectivity index (χ0n) is 20.1. The van der Waals surface area contributed by atoms with E-state index in [1.807, 2.05) is 0 Å². The predicted octanol–water partition coefficient (Wildman–Crippen LogP) is 3.88. The van der Waals surface area contributed by atoms with Crippen LogP contribution in [-0.2, 0) is 19.6 Å². The molecule has 2 aromatic heterocycles. The van der Waals surface area contributed by atoms with Crippen molar-refractivity contribution in [3.8, 4) is 0 Å². The first-order chi connectivity index (χ1) is 16.8. The number of aryl methyl sites for hydroxylation is 3. The number of halogens is 1. The highest BCUT2D eigenvalue weighted by Gasteiger charge is 2.15. The van der Waals surface area contributed by atoms with Crippen LogP contribution in [-0.4, -0.2) is 9.13 Å². The summed E-state index contributed by atoms with van der Waals surface area (Å²) >= 11 is 0. The van der Waals surface area contributed by atoms with E-state index in [0.29, 0.717) is 0 Å². The number of fused-ring (bicyclic) bond motifs is 4. The molecule has 0 spiro atoms. The quantitative estimate of drug-likeness (QED) is 0.222. The zero-order valence-corrected chi connectivity index (χ0v) is 21.7. The standard InChI is InChI=1S/C31H30N3.BrH/c1-24-16-18-25(19-17-24)22-33-23-32(30-14-6-7-15-31(30)33)20-8-9-21-34-28-12-4-2-10-26(28)27-11-3-5-13-29(27)34;/h2-7,10-19,23H,8-9,20-22H2,1H3;1H/q+1;/p-1. The lowest BCUT2D eigenvalue weighted by Gasteiger charge is -2.07. The third kappa shape index (κ3) is 4.51. The number of rotatable bonds is 7. The van der Waals surface area contributed by atoms with E-state index in [9.17, 15) is 0 Å². The molecule has 0 radical (unpaired) electrons. The van der Waals surface area contributed by atoms with Gasteiger partial charge in [0.2, 0.25) is 6.33 Å². The summed E-state index contributed by atoms with van der Waals surface area (Å²) in [5, 5.41) is 2.71. The lowest BCUT2D eigenvalue weighted by molar-refractivity contribution is -0.663. The van der Waals surface area contributed by atoms with Gasteiger partial charge >= 0.3 is 0 Å². The smallest absolute Gasteiger partial charge is 0.245 e. The maximum Gasteiger partial charge on any atom is 0.245 e. The summed E-state index contributed by atoms with van der Waals surface area (Å²) in [6.07, 6.45) is 4.59. The van der Waals surface area contributed by atoms with E-state index in [0.717, 1.165) is 32.5 Å². The van der Waals surface area contributed by atoms with Gasteiger partial charge in [-0.3, -0.25) is 0 Å². The lowest BCUT2D eigenvalue weighted by Crippen LogP contribution is -3.00. The second-order valence-electron chi connectivity index (χ2n) is 9.30. The Labute approximate surface area is 217 Å². The van der Waals surface area contributed by atoms with Crippen LogP contribution in [0.1, 0.15) is 24.0 Å². The molecule has 35 heavy (non-hydrogen) atoms. The molecule has 2 heterocycles. The molecule has 0 aliphatic rings. The minimum atomic E-state index is 0. The lowest BCUT2D eigenvalue weighted by atomic mass is 10.1. The van der Waals surface area contributed by atoms with E-state index in [1.54, 1.807) is 0 Å². The minimum absolute atomic E-state index is 0. The largest absolute Gasteiger partial charge is 1.00 e. The van der Waals surface area contributed by atoms with E-state index in [2.05, 4.69) is 124 Å². The molecule has 0 bridgehead atoms. The molecule has 4 aromatic carbocycles. The molecule has 176 valence electrons.